The molecule has 2 N–H and O–H groups in total. The van der Waals surface area contributed by atoms with Crippen molar-refractivity contribution in [1.29, 1.82) is 0 Å². The minimum absolute atomic E-state index is 0.206. The van der Waals surface area contributed by atoms with Crippen molar-refractivity contribution in [3.63, 3.8) is 0 Å². The second-order valence-corrected chi connectivity index (χ2v) is 7.29. The molecule has 1 nitrogen and oxygen atoms in total. The highest BCUT2D eigenvalue weighted by atomic mass is 79.9. The third kappa shape index (κ3) is 2.30. The van der Waals surface area contributed by atoms with Gasteiger partial charge in [-0.05, 0) is 35.8 Å². The highest BCUT2D eigenvalue weighted by molar-refractivity contribution is 9.10. The van der Waals surface area contributed by atoms with E-state index in [1.54, 1.807) is 0 Å². The minimum atomic E-state index is 0.206. The van der Waals surface area contributed by atoms with Crippen LogP contribution in [0, 0.1) is 11.3 Å². The molecule has 1 aromatic rings. The Labute approximate surface area is 113 Å². The van der Waals surface area contributed by atoms with Crippen LogP contribution in [0.1, 0.15) is 39.2 Å². The summed E-state index contributed by atoms with van der Waals surface area (Å²) in [4.78, 5) is 0. The zero-order chi connectivity index (χ0) is 12.7. The number of rotatable bonds is 2. The Bertz CT molecular complexity index is 400. The molecule has 0 aliphatic heterocycles. The molecule has 1 saturated carbocycles. The quantitative estimate of drug-likeness (QED) is 0.873. The molecule has 2 rings (SSSR count). The minimum Gasteiger partial charge on any atom is -0.330 e. The summed E-state index contributed by atoms with van der Waals surface area (Å²) in [6, 6.07) is 8.52. The van der Waals surface area contributed by atoms with Gasteiger partial charge in [-0.2, -0.15) is 0 Å². The number of hydrogen-bond donors (Lipinski definition) is 1. The Hall–Kier alpha value is -0.340. The first kappa shape index (κ1) is 13.1. The average Bonchev–Trinajstić information content (AvgIpc) is 2.18. The van der Waals surface area contributed by atoms with Gasteiger partial charge in [-0.1, -0.05) is 54.9 Å². The van der Waals surface area contributed by atoms with E-state index in [4.69, 9.17) is 5.73 Å². The molecule has 17 heavy (non-hydrogen) atoms. The molecule has 0 amide bonds. The van der Waals surface area contributed by atoms with Crippen molar-refractivity contribution in [3.8, 4) is 0 Å². The van der Waals surface area contributed by atoms with Crippen LogP contribution in [-0.4, -0.2) is 6.54 Å². The van der Waals surface area contributed by atoms with Crippen molar-refractivity contribution in [3.05, 3.63) is 34.3 Å². The fraction of sp³-hybridized carbons (Fsp3) is 0.600. The van der Waals surface area contributed by atoms with Gasteiger partial charge in [0.1, 0.15) is 0 Å². The van der Waals surface area contributed by atoms with Gasteiger partial charge in [-0.15, -0.1) is 0 Å². The van der Waals surface area contributed by atoms with Crippen LogP contribution in [0.4, 0.5) is 0 Å². The van der Waals surface area contributed by atoms with E-state index in [0.29, 0.717) is 5.41 Å². The zero-order valence-corrected chi connectivity index (χ0v) is 12.5. The molecule has 1 fully saturated rings. The van der Waals surface area contributed by atoms with Gasteiger partial charge in [0.05, 0.1) is 0 Å². The summed E-state index contributed by atoms with van der Waals surface area (Å²) >= 11 is 3.66. The first-order valence-electron chi connectivity index (χ1n) is 6.34. The molecule has 1 aliphatic carbocycles. The number of nitrogens with two attached hydrogens (primary N) is 1. The molecule has 2 heteroatoms. The molecule has 0 radical (unpaired) electrons. The largest absolute Gasteiger partial charge is 0.330 e. The van der Waals surface area contributed by atoms with Crippen LogP contribution in [0.2, 0.25) is 0 Å². The summed E-state index contributed by atoms with van der Waals surface area (Å²) in [5.41, 5.74) is 8.06. The first-order valence-corrected chi connectivity index (χ1v) is 7.13. The lowest BCUT2D eigenvalue weighted by atomic mass is 9.52. The first-order chi connectivity index (χ1) is 7.89. The van der Waals surface area contributed by atoms with Crippen molar-refractivity contribution in [2.75, 3.05) is 6.54 Å². The fourth-order valence-corrected chi connectivity index (χ4v) is 3.59. The van der Waals surface area contributed by atoms with E-state index < -0.39 is 0 Å². The molecule has 0 atom stereocenters. The number of hydrogen-bond acceptors (Lipinski definition) is 1. The van der Waals surface area contributed by atoms with E-state index in [0.717, 1.165) is 12.5 Å². The van der Waals surface area contributed by atoms with Crippen LogP contribution < -0.4 is 5.73 Å². The van der Waals surface area contributed by atoms with Crippen molar-refractivity contribution < 1.29 is 0 Å². The summed E-state index contributed by atoms with van der Waals surface area (Å²) in [5.74, 6) is 0.790. The maximum absolute atomic E-state index is 6.05. The predicted octanol–water partition coefficient (Wildman–Crippen LogP) is 4.10. The Kier molecular flexibility index (Phi) is 3.39. The summed E-state index contributed by atoms with van der Waals surface area (Å²) in [7, 11) is 0. The third-order valence-corrected chi connectivity index (χ3v) is 5.03. The summed E-state index contributed by atoms with van der Waals surface area (Å²) in [6.45, 7) is 7.75. The van der Waals surface area contributed by atoms with Gasteiger partial charge in [0.15, 0.2) is 0 Å². The molecule has 0 aromatic heterocycles. The Morgan fingerprint density at radius 1 is 1.29 bits per heavy atom. The van der Waals surface area contributed by atoms with Crippen molar-refractivity contribution in [2.45, 2.75) is 39.0 Å². The second-order valence-electron chi connectivity index (χ2n) is 6.44. The van der Waals surface area contributed by atoms with E-state index in [1.807, 2.05) is 0 Å². The molecule has 0 bridgehead atoms. The summed E-state index contributed by atoms with van der Waals surface area (Å²) < 4.78 is 1.21. The third-order valence-electron chi connectivity index (χ3n) is 4.33. The second kappa shape index (κ2) is 4.40. The van der Waals surface area contributed by atoms with Gasteiger partial charge < -0.3 is 5.73 Å². The molecule has 0 saturated heterocycles. The van der Waals surface area contributed by atoms with Crippen molar-refractivity contribution in [1.82, 2.24) is 0 Å². The van der Waals surface area contributed by atoms with Crippen molar-refractivity contribution >= 4 is 15.9 Å². The van der Waals surface area contributed by atoms with Crippen LogP contribution in [0.5, 0.6) is 0 Å². The number of halogens is 1. The van der Waals surface area contributed by atoms with E-state index in [-0.39, 0.29) is 5.41 Å². The smallest absolute Gasteiger partial charge is 0.0213 e. The molecule has 1 aromatic carbocycles. The molecular weight excluding hydrogens is 274 g/mol. The summed E-state index contributed by atoms with van der Waals surface area (Å²) in [5, 5.41) is 0. The molecule has 94 valence electrons. The van der Waals surface area contributed by atoms with E-state index in [9.17, 15) is 0 Å². The Balaban J connectivity index is 2.23. The van der Waals surface area contributed by atoms with Gasteiger partial charge in [-0.25, -0.2) is 0 Å². The standard InChI is InChI=1S/C15H22BrN/c1-14(2,3)11-8-15(9-11,10-17)12-6-4-5-7-13(12)16/h4-7,11H,8-10,17H2,1-3H3. The van der Waals surface area contributed by atoms with Crippen LogP contribution in [0.25, 0.3) is 0 Å². The predicted molar refractivity (Wildman–Crippen MR) is 77.1 cm³/mol. The van der Waals surface area contributed by atoms with Crippen LogP contribution >= 0.6 is 15.9 Å². The lowest BCUT2D eigenvalue weighted by Crippen LogP contribution is -2.51. The maximum atomic E-state index is 6.05. The lowest BCUT2D eigenvalue weighted by Gasteiger charge is -2.53. The van der Waals surface area contributed by atoms with Crippen LogP contribution in [-0.2, 0) is 5.41 Å². The van der Waals surface area contributed by atoms with Crippen molar-refractivity contribution in [2.24, 2.45) is 17.1 Å². The van der Waals surface area contributed by atoms with E-state index in [2.05, 4.69) is 61.0 Å². The monoisotopic (exact) mass is 295 g/mol. The van der Waals surface area contributed by atoms with Crippen LogP contribution in [0.3, 0.4) is 0 Å². The van der Waals surface area contributed by atoms with Crippen LogP contribution in [0.15, 0.2) is 28.7 Å². The molecular formula is C15H22BrN. The Morgan fingerprint density at radius 3 is 2.35 bits per heavy atom. The Morgan fingerprint density at radius 2 is 1.88 bits per heavy atom. The molecule has 0 heterocycles. The van der Waals surface area contributed by atoms with Gasteiger partial charge in [0.25, 0.3) is 0 Å². The van der Waals surface area contributed by atoms with Gasteiger partial charge in [-0.3, -0.25) is 0 Å². The number of benzene rings is 1. The normalized spacial score (nSPS) is 28.9. The molecule has 0 unspecified atom stereocenters. The van der Waals surface area contributed by atoms with Gasteiger partial charge >= 0.3 is 0 Å². The van der Waals surface area contributed by atoms with E-state index in [1.165, 1.54) is 22.9 Å². The highest BCUT2D eigenvalue weighted by Gasteiger charge is 2.49. The maximum Gasteiger partial charge on any atom is 0.0213 e. The SMILES string of the molecule is CC(C)(C)C1CC(CN)(c2ccccc2Br)C1. The van der Waals surface area contributed by atoms with E-state index >= 15 is 0 Å². The van der Waals surface area contributed by atoms with Gasteiger partial charge in [0, 0.05) is 16.4 Å². The summed E-state index contributed by atoms with van der Waals surface area (Å²) in [6.07, 6.45) is 2.44. The van der Waals surface area contributed by atoms with Gasteiger partial charge in [0.2, 0.25) is 0 Å². The highest BCUT2D eigenvalue weighted by Crippen LogP contribution is 2.54. The molecule has 1 aliphatic rings. The topological polar surface area (TPSA) is 26.0 Å². The lowest BCUT2D eigenvalue weighted by molar-refractivity contribution is 0.0499. The average molecular weight is 296 g/mol. The zero-order valence-electron chi connectivity index (χ0n) is 11.0. The fourth-order valence-electron chi connectivity index (χ4n) is 2.88. The molecule has 0 spiro atoms.